The van der Waals surface area contributed by atoms with E-state index >= 15 is 0 Å². The Kier molecular flexibility index (Phi) is 29.0. The van der Waals surface area contributed by atoms with E-state index in [0.29, 0.717) is 38.2 Å². The molecule has 0 radical (unpaired) electrons. The lowest BCUT2D eigenvalue weighted by molar-refractivity contribution is -0.139. The molecule has 9 N–H and O–H groups in total. The second kappa shape index (κ2) is 33.1. The van der Waals surface area contributed by atoms with E-state index in [4.69, 9.17) is 4.42 Å². The van der Waals surface area contributed by atoms with Crippen LogP contribution in [0.25, 0.3) is 0 Å². The Bertz CT molecular complexity index is 2280. The Morgan fingerprint density at radius 2 is 1.12 bits per heavy atom. The molecule has 0 aromatic carbocycles. The summed E-state index contributed by atoms with van der Waals surface area (Å²) in [5, 5.41) is 25.1. The SMILES string of the molecule is CCCCCCCCC(NC(=O)[C@@H]1CCCN1C(=O)c1coc(C)n1)C(=O)NC(CC(C)C)C(=O)NC(C)(C)C(=O)NC(CC(C)C)C(=O)NC(CC(C)C)C(=O)NC(C)(C)C(=O)NC(C)(C)C(=O)NCCC(=O)NC(C)CN(C)C. The van der Waals surface area contributed by atoms with Crippen molar-refractivity contribution >= 4 is 59.1 Å². The summed E-state index contributed by atoms with van der Waals surface area (Å²) in [6.07, 6.45) is 8.56. The number of hydrogen-bond acceptors (Lipinski definition) is 13. The van der Waals surface area contributed by atoms with Gasteiger partial charge in [0.15, 0.2) is 11.6 Å². The van der Waals surface area contributed by atoms with E-state index in [0.717, 1.165) is 32.1 Å². The number of amides is 10. The summed E-state index contributed by atoms with van der Waals surface area (Å²) in [6, 6.07) is -5.47. The van der Waals surface area contributed by atoms with E-state index in [9.17, 15) is 47.9 Å². The molecule has 1 saturated heterocycles. The number of hydrogen-bond donors (Lipinski definition) is 9. The van der Waals surface area contributed by atoms with Gasteiger partial charge >= 0.3 is 0 Å². The van der Waals surface area contributed by atoms with Gasteiger partial charge in [-0.1, -0.05) is 87.0 Å². The van der Waals surface area contributed by atoms with Crippen LogP contribution in [0, 0.1) is 24.7 Å². The summed E-state index contributed by atoms with van der Waals surface area (Å²) in [5.41, 5.74) is -4.59. The van der Waals surface area contributed by atoms with Crippen LogP contribution in [0.5, 0.6) is 0 Å². The standard InChI is InChI=1S/C58H102N12O11/c1-18-19-20-21-22-23-25-40(62-51(76)45-26-24-29-70(45)52(77)44-34-81-39(9)61-44)47(72)63-42(31-36(4)5)49(74)66-57(12,13)54(79)65-41(30-35(2)3)48(73)64-43(32-37(6)7)50(75)67-58(14,15)55(80)68-56(10,11)53(78)59-28-27-46(71)60-38(8)33-69(16)17/h34-38,40-43,45H,18-33H2,1-17H3,(H,59,78)(H,60,71)(H,62,76)(H,63,72)(H,64,73)(H,65,79)(H,66,74)(H,67,75)(H,68,80)/t38?,40?,41?,42?,43?,45-/m0/s1. The molecular weight excluding hydrogens is 1040 g/mol. The van der Waals surface area contributed by atoms with Gasteiger partial charge in [0.1, 0.15) is 53.1 Å². The molecule has 23 heteroatoms. The van der Waals surface area contributed by atoms with E-state index in [1.54, 1.807) is 6.92 Å². The summed E-state index contributed by atoms with van der Waals surface area (Å²) in [7, 11) is 3.79. The Labute approximate surface area is 482 Å². The highest BCUT2D eigenvalue weighted by Crippen LogP contribution is 2.22. The van der Waals surface area contributed by atoms with E-state index in [1.165, 1.54) is 52.7 Å². The monoisotopic (exact) mass is 1140 g/mol. The van der Waals surface area contributed by atoms with Crippen LogP contribution in [-0.4, -0.2) is 160 Å². The summed E-state index contributed by atoms with van der Waals surface area (Å²) in [5.74, 6) is -5.80. The molecule has 2 heterocycles. The number of likely N-dealkylation sites (N-methyl/N-ethyl adjacent to an activating group) is 1. The minimum atomic E-state index is -1.64. The number of aryl methyl sites for hydroxylation is 1. The maximum Gasteiger partial charge on any atom is 0.276 e. The second-order valence-corrected chi connectivity index (χ2v) is 25.1. The Hall–Kier alpha value is -6.13. The van der Waals surface area contributed by atoms with Gasteiger partial charge in [0.2, 0.25) is 53.2 Å². The van der Waals surface area contributed by atoms with Gasteiger partial charge in [0, 0.05) is 39.0 Å². The average molecular weight is 1140 g/mol. The Balaban J connectivity index is 2.24. The van der Waals surface area contributed by atoms with Gasteiger partial charge in [-0.15, -0.1) is 0 Å². The molecule has 1 aromatic heterocycles. The van der Waals surface area contributed by atoms with Crippen molar-refractivity contribution in [3.8, 4) is 0 Å². The third-order valence-corrected chi connectivity index (χ3v) is 13.8. The topological polar surface area (TPSA) is 311 Å². The molecule has 460 valence electrons. The summed E-state index contributed by atoms with van der Waals surface area (Å²) in [6.45, 7) is 26.6. The van der Waals surface area contributed by atoms with Gasteiger partial charge in [-0.3, -0.25) is 47.9 Å². The fourth-order valence-electron chi connectivity index (χ4n) is 9.40. The number of carbonyl (C=O) groups excluding carboxylic acids is 10. The number of oxazole rings is 1. The molecule has 1 aromatic rings. The normalized spacial score (nSPS) is 15.8. The summed E-state index contributed by atoms with van der Waals surface area (Å²) >= 11 is 0. The van der Waals surface area contributed by atoms with E-state index < -0.39 is 100.0 Å². The van der Waals surface area contributed by atoms with Crippen LogP contribution in [0.1, 0.15) is 197 Å². The average Bonchev–Trinajstić information content (AvgIpc) is 4.02. The molecule has 10 amide bonds. The molecule has 0 spiro atoms. The third kappa shape index (κ3) is 24.9. The largest absolute Gasteiger partial charge is 0.448 e. The number of carbonyl (C=O) groups is 10. The molecule has 5 unspecified atom stereocenters. The lowest BCUT2D eigenvalue weighted by atomic mass is 9.96. The minimum absolute atomic E-state index is 0.0267. The first-order chi connectivity index (χ1) is 37.6. The molecule has 0 saturated carbocycles. The highest BCUT2D eigenvalue weighted by Gasteiger charge is 2.42. The molecule has 6 atom stereocenters. The van der Waals surface area contributed by atoms with Crippen molar-refractivity contribution in [2.24, 2.45) is 17.8 Å². The highest BCUT2D eigenvalue weighted by atomic mass is 16.3. The van der Waals surface area contributed by atoms with Crippen LogP contribution in [0.15, 0.2) is 10.7 Å². The quantitative estimate of drug-likeness (QED) is 0.0439. The molecule has 1 fully saturated rings. The molecule has 1 aliphatic heterocycles. The first-order valence-electron chi connectivity index (χ1n) is 29.2. The molecule has 0 aliphatic carbocycles. The van der Waals surface area contributed by atoms with E-state index in [2.05, 4.69) is 59.8 Å². The molecule has 2 rings (SSSR count). The third-order valence-electron chi connectivity index (χ3n) is 13.8. The predicted molar refractivity (Wildman–Crippen MR) is 310 cm³/mol. The number of unbranched alkanes of at least 4 members (excludes halogenated alkanes) is 5. The smallest absolute Gasteiger partial charge is 0.276 e. The number of rotatable bonds is 35. The van der Waals surface area contributed by atoms with E-state index in [-0.39, 0.29) is 74.0 Å². The number of nitrogens with zero attached hydrogens (tertiary/aromatic N) is 3. The van der Waals surface area contributed by atoms with Crippen LogP contribution in [0.2, 0.25) is 0 Å². The number of nitrogens with one attached hydrogen (secondary N) is 9. The van der Waals surface area contributed by atoms with Gasteiger partial charge in [-0.05, 0) is 119 Å². The van der Waals surface area contributed by atoms with E-state index in [1.807, 2.05) is 67.5 Å². The fraction of sp³-hybridized carbons (Fsp3) is 0.776. The van der Waals surface area contributed by atoms with Crippen LogP contribution in [0.4, 0.5) is 0 Å². The molecule has 1 aliphatic rings. The zero-order chi connectivity index (χ0) is 61.6. The first kappa shape index (κ1) is 71.0. The maximum atomic E-state index is 14.3. The number of likely N-dealkylation sites (tertiary alicyclic amines) is 1. The zero-order valence-corrected chi connectivity index (χ0v) is 51.9. The highest BCUT2D eigenvalue weighted by molar-refractivity contribution is 6.00. The molecule has 81 heavy (non-hydrogen) atoms. The van der Waals surface area contributed by atoms with Crippen LogP contribution in [0.3, 0.4) is 0 Å². The van der Waals surface area contributed by atoms with Crippen LogP contribution in [-0.2, 0) is 43.2 Å². The van der Waals surface area contributed by atoms with Gasteiger partial charge in [-0.25, -0.2) is 4.98 Å². The zero-order valence-electron chi connectivity index (χ0n) is 51.9. The van der Waals surface area contributed by atoms with Crippen LogP contribution < -0.4 is 47.9 Å². The van der Waals surface area contributed by atoms with Crippen molar-refractivity contribution in [1.82, 2.24) is 62.6 Å². The summed E-state index contributed by atoms with van der Waals surface area (Å²) < 4.78 is 5.24. The van der Waals surface area contributed by atoms with Crippen molar-refractivity contribution in [3.63, 3.8) is 0 Å². The van der Waals surface area contributed by atoms with Crippen molar-refractivity contribution in [2.45, 2.75) is 240 Å². The first-order valence-corrected chi connectivity index (χ1v) is 29.2. The lowest BCUT2D eigenvalue weighted by Crippen LogP contribution is -2.65. The van der Waals surface area contributed by atoms with Gasteiger partial charge < -0.3 is 62.1 Å². The van der Waals surface area contributed by atoms with Crippen LogP contribution >= 0.6 is 0 Å². The number of aromatic nitrogens is 1. The van der Waals surface area contributed by atoms with Gasteiger partial charge in [0.05, 0.1) is 0 Å². The fourth-order valence-corrected chi connectivity index (χ4v) is 9.40. The molecule has 0 bridgehead atoms. The lowest BCUT2D eigenvalue weighted by Gasteiger charge is -2.34. The summed E-state index contributed by atoms with van der Waals surface area (Å²) in [4.78, 5) is 145. The minimum Gasteiger partial charge on any atom is -0.448 e. The predicted octanol–water partition coefficient (Wildman–Crippen LogP) is 3.67. The maximum absolute atomic E-state index is 14.3. The second-order valence-electron chi connectivity index (χ2n) is 25.1. The Morgan fingerprint density at radius 3 is 1.63 bits per heavy atom. The molecule has 23 nitrogen and oxygen atoms in total. The molecular formula is C58H102N12O11. The van der Waals surface area contributed by atoms with Crippen molar-refractivity contribution in [2.75, 3.05) is 33.7 Å². The van der Waals surface area contributed by atoms with Gasteiger partial charge in [0.25, 0.3) is 5.91 Å². The van der Waals surface area contributed by atoms with Crippen molar-refractivity contribution < 1.29 is 52.4 Å². The van der Waals surface area contributed by atoms with Crippen molar-refractivity contribution in [3.05, 3.63) is 17.8 Å². The van der Waals surface area contributed by atoms with Gasteiger partial charge in [-0.2, -0.15) is 0 Å². The Morgan fingerprint density at radius 1 is 0.630 bits per heavy atom. The van der Waals surface area contributed by atoms with Crippen molar-refractivity contribution in [1.29, 1.82) is 0 Å².